The van der Waals surface area contributed by atoms with Crippen LogP contribution in [0.15, 0.2) is 18.2 Å². The van der Waals surface area contributed by atoms with Gasteiger partial charge in [0.1, 0.15) is 6.67 Å². The Balaban J connectivity index is 2.06. The van der Waals surface area contributed by atoms with Crippen molar-refractivity contribution in [2.75, 3.05) is 13.1 Å². The number of alkyl halides is 1. The Morgan fingerprint density at radius 2 is 2.31 bits per heavy atom. The topological polar surface area (TPSA) is 12.0 Å². The smallest absolute Gasteiger partial charge is 0.115 e. The maximum atomic E-state index is 12.6. The van der Waals surface area contributed by atoms with Crippen LogP contribution in [0.25, 0.3) is 0 Å². The molecule has 0 radical (unpaired) electrons. The highest BCUT2D eigenvalue weighted by atomic mass is 19.1. The molecular weight excluding hydrogens is 201 g/mol. The number of hydrogen-bond acceptors (Lipinski definition) is 1. The van der Waals surface area contributed by atoms with Crippen molar-refractivity contribution in [3.63, 3.8) is 0 Å². The molecule has 2 heteroatoms. The highest BCUT2D eigenvalue weighted by Gasteiger charge is 2.14. The maximum absolute atomic E-state index is 12.6. The van der Waals surface area contributed by atoms with Crippen LogP contribution in [0.1, 0.15) is 29.5 Å². The van der Waals surface area contributed by atoms with Crippen LogP contribution in [0, 0.1) is 12.8 Å². The van der Waals surface area contributed by atoms with E-state index in [0.29, 0.717) is 0 Å². The summed E-state index contributed by atoms with van der Waals surface area (Å²) >= 11 is 0. The lowest BCUT2D eigenvalue weighted by Gasteiger charge is -2.23. The van der Waals surface area contributed by atoms with E-state index in [0.717, 1.165) is 31.0 Å². The van der Waals surface area contributed by atoms with E-state index < -0.39 is 0 Å². The second-order valence-corrected chi connectivity index (χ2v) is 4.81. The van der Waals surface area contributed by atoms with Crippen LogP contribution in [0.4, 0.5) is 4.39 Å². The molecule has 16 heavy (non-hydrogen) atoms. The molecular formula is C14H20FN. The van der Waals surface area contributed by atoms with Gasteiger partial charge in [0.2, 0.25) is 0 Å². The number of halogens is 1. The van der Waals surface area contributed by atoms with Crippen molar-refractivity contribution in [2.45, 2.75) is 32.9 Å². The van der Waals surface area contributed by atoms with Gasteiger partial charge in [0.25, 0.3) is 0 Å². The monoisotopic (exact) mass is 221 g/mol. The molecule has 0 spiro atoms. The fourth-order valence-electron chi connectivity index (χ4n) is 2.44. The normalized spacial score (nSPS) is 21.0. The minimum Gasteiger partial charge on any atom is -0.316 e. The molecule has 0 aliphatic carbocycles. The molecule has 0 saturated carbocycles. The minimum absolute atomic E-state index is 0.351. The summed E-state index contributed by atoms with van der Waals surface area (Å²) in [6, 6.07) is 5.96. The Hall–Kier alpha value is -0.890. The Labute approximate surface area is 97.1 Å². The lowest BCUT2D eigenvalue weighted by atomic mass is 9.90. The van der Waals surface area contributed by atoms with Gasteiger partial charge < -0.3 is 5.32 Å². The lowest BCUT2D eigenvalue weighted by molar-refractivity contribution is 0.375. The van der Waals surface area contributed by atoms with Gasteiger partial charge in [0.05, 0.1) is 0 Å². The maximum Gasteiger partial charge on any atom is 0.115 e. The number of hydrogen-bond donors (Lipinski definition) is 1. The molecule has 1 aromatic rings. The fourth-order valence-corrected chi connectivity index (χ4v) is 2.44. The molecule has 1 atom stereocenters. The molecule has 0 aromatic heterocycles. The van der Waals surface area contributed by atoms with Crippen LogP contribution in [0.2, 0.25) is 0 Å². The first-order valence-corrected chi connectivity index (χ1v) is 6.14. The van der Waals surface area contributed by atoms with Gasteiger partial charge in [-0.05, 0) is 61.9 Å². The van der Waals surface area contributed by atoms with Gasteiger partial charge >= 0.3 is 0 Å². The molecule has 0 bridgehead atoms. The highest BCUT2D eigenvalue weighted by molar-refractivity contribution is 5.31. The van der Waals surface area contributed by atoms with Gasteiger partial charge in [0.15, 0.2) is 0 Å². The average Bonchev–Trinajstić information content (AvgIpc) is 2.33. The van der Waals surface area contributed by atoms with E-state index >= 15 is 0 Å². The van der Waals surface area contributed by atoms with Crippen molar-refractivity contribution in [3.8, 4) is 0 Å². The van der Waals surface area contributed by atoms with Gasteiger partial charge in [-0.2, -0.15) is 0 Å². The summed E-state index contributed by atoms with van der Waals surface area (Å²) in [5.74, 6) is 0.724. The largest absolute Gasteiger partial charge is 0.316 e. The number of nitrogens with one attached hydrogen (secondary N) is 1. The summed E-state index contributed by atoms with van der Waals surface area (Å²) in [6.45, 7) is 4.03. The quantitative estimate of drug-likeness (QED) is 0.827. The molecule has 2 rings (SSSR count). The Morgan fingerprint density at radius 3 is 3.00 bits per heavy atom. The van der Waals surface area contributed by atoms with E-state index in [-0.39, 0.29) is 6.67 Å². The first-order valence-electron chi connectivity index (χ1n) is 6.14. The summed E-state index contributed by atoms with van der Waals surface area (Å²) in [6.07, 6.45) is 3.66. The Morgan fingerprint density at radius 1 is 1.44 bits per heavy atom. The van der Waals surface area contributed by atoms with E-state index in [1.807, 2.05) is 18.2 Å². The van der Waals surface area contributed by atoms with Gasteiger partial charge in [-0.3, -0.25) is 0 Å². The molecule has 1 unspecified atom stereocenters. The molecule has 1 heterocycles. The van der Waals surface area contributed by atoms with E-state index in [1.165, 1.54) is 24.0 Å². The zero-order chi connectivity index (χ0) is 11.4. The van der Waals surface area contributed by atoms with Crippen molar-refractivity contribution in [3.05, 3.63) is 34.9 Å². The van der Waals surface area contributed by atoms with Crippen LogP contribution in [-0.4, -0.2) is 13.1 Å². The van der Waals surface area contributed by atoms with Crippen LogP contribution >= 0.6 is 0 Å². The third kappa shape index (κ3) is 2.82. The minimum atomic E-state index is -0.351. The van der Waals surface area contributed by atoms with E-state index in [1.54, 1.807) is 0 Å². The molecule has 1 nitrogen and oxygen atoms in total. The van der Waals surface area contributed by atoms with Crippen LogP contribution in [0.3, 0.4) is 0 Å². The predicted octanol–water partition coefficient (Wildman–Crippen LogP) is 3.01. The standard InChI is InChI=1S/C14H20FN/c1-11-4-5-12(9-15)7-14(11)8-13-3-2-6-16-10-13/h4-5,7,13,16H,2-3,6,8-10H2,1H3. The third-order valence-electron chi connectivity index (χ3n) is 3.48. The zero-order valence-corrected chi connectivity index (χ0v) is 9.93. The van der Waals surface area contributed by atoms with E-state index in [4.69, 9.17) is 0 Å². The molecule has 1 aromatic carbocycles. The number of aryl methyl sites for hydroxylation is 1. The predicted molar refractivity (Wildman–Crippen MR) is 65.3 cm³/mol. The van der Waals surface area contributed by atoms with Crippen molar-refractivity contribution in [1.29, 1.82) is 0 Å². The van der Waals surface area contributed by atoms with Gasteiger partial charge in [0, 0.05) is 0 Å². The van der Waals surface area contributed by atoms with Gasteiger partial charge in [-0.1, -0.05) is 18.2 Å². The number of benzene rings is 1. The van der Waals surface area contributed by atoms with Crippen molar-refractivity contribution in [1.82, 2.24) is 5.32 Å². The Bertz CT molecular complexity index is 343. The molecule has 1 fully saturated rings. The van der Waals surface area contributed by atoms with Crippen molar-refractivity contribution in [2.24, 2.45) is 5.92 Å². The summed E-state index contributed by atoms with van der Waals surface area (Å²) in [5, 5.41) is 3.43. The number of rotatable bonds is 3. The average molecular weight is 221 g/mol. The van der Waals surface area contributed by atoms with Gasteiger partial charge in [-0.25, -0.2) is 4.39 Å². The first kappa shape index (κ1) is 11.6. The van der Waals surface area contributed by atoms with Crippen LogP contribution in [0.5, 0.6) is 0 Å². The van der Waals surface area contributed by atoms with Crippen molar-refractivity contribution >= 4 is 0 Å². The second kappa shape index (κ2) is 5.44. The summed E-state index contributed by atoms with van der Waals surface area (Å²) in [7, 11) is 0. The van der Waals surface area contributed by atoms with E-state index in [9.17, 15) is 4.39 Å². The Kier molecular flexibility index (Phi) is 3.94. The summed E-state index contributed by atoms with van der Waals surface area (Å²) in [5.41, 5.74) is 3.43. The SMILES string of the molecule is Cc1ccc(CF)cc1CC1CCCNC1. The molecule has 1 aliphatic rings. The molecule has 1 N–H and O–H groups in total. The molecule has 88 valence electrons. The summed E-state index contributed by atoms with van der Waals surface area (Å²) < 4.78 is 12.6. The molecule has 1 aliphatic heterocycles. The molecule has 0 amide bonds. The van der Waals surface area contributed by atoms with Crippen LogP contribution in [-0.2, 0) is 13.1 Å². The van der Waals surface area contributed by atoms with Crippen LogP contribution < -0.4 is 5.32 Å². The zero-order valence-electron chi connectivity index (χ0n) is 9.93. The fraction of sp³-hybridized carbons (Fsp3) is 0.571. The summed E-state index contributed by atoms with van der Waals surface area (Å²) in [4.78, 5) is 0. The number of piperidine rings is 1. The lowest BCUT2D eigenvalue weighted by Crippen LogP contribution is -2.31. The van der Waals surface area contributed by atoms with Gasteiger partial charge in [-0.15, -0.1) is 0 Å². The second-order valence-electron chi connectivity index (χ2n) is 4.81. The van der Waals surface area contributed by atoms with E-state index in [2.05, 4.69) is 12.2 Å². The third-order valence-corrected chi connectivity index (χ3v) is 3.48. The van der Waals surface area contributed by atoms with Crippen molar-refractivity contribution < 1.29 is 4.39 Å². The first-order chi connectivity index (χ1) is 7.79. The molecule has 1 saturated heterocycles. The highest BCUT2D eigenvalue weighted by Crippen LogP contribution is 2.20.